The molecule has 1 aromatic rings. The van der Waals surface area contributed by atoms with Gasteiger partial charge in [0, 0.05) is 13.0 Å². The third-order valence-corrected chi connectivity index (χ3v) is 3.29. The van der Waals surface area contributed by atoms with E-state index in [2.05, 4.69) is 11.2 Å². The predicted molar refractivity (Wildman–Crippen MR) is 71.5 cm³/mol. The highest BCUT2D eigenvalue weighted by Gasteiger charge is 2.35. The number of rotatable bonds is 2. The van der Waals surface area contributed by atoms with Crippen LogP contribution in [0.15, 0.2) is 6.20 Å². The first-order chi connectivity index (χ1) is 8.88. The molecule has 1 unspecified atom stereocenters. The Morgan fingerprint density at radius 2 is 2.26 bits per heavy atom. The molecule has 1 saturated heterocycles. The monoisotopic (exact) mass is 261 g/mol. The number of carbonyl (C=O) groups is 1. The van der Waals surface area contributed by atoms with E-state index in [4.69, 9.17) is 5.73 Å². The van der Waals surface area contributed by atoms with Gasteiger partial charge in [-0.05, 0) is 33.2 Å². The van der Waals surface area contributed by atoms with E-state index in [1.807, 2.05) is 20.8 Å². The van der Waals surface area contributed by atoms with Crippen LogP contribution in [0.25, 0.3) is 0 Å². The Kier molecular flexibility index (Phi) is 3.33. The van der Waals surface area contributed by atoms with Gasteiger partial charge in [-0.3, -0.25) is 9.69 Å². The zero-order valence-corrected chi connectivity index (χ0v) is 11.6. The number of nitrogens with two attached hydrogens (primary N) is 1. The summed E-state index contributed by atoms with van der Waals surface area (Å²) in [7, 11) is 0. The molecule has 1 aromatic heterocycles. The molecule has 0 bridgehead atoms. The number of aromatic nitrogens is 2. The topological polar surface area (TPSA) is 87.9 Å². The van der Waals surface area contributed by atoms with Crippen LogP contribution in [0.3, 0.4) is 0 Å². The molecule has 1 atom stereocenters. The van der Waals surface area contributed by atoms with Crippen LogP contribution in [0.1, 0.15) is 32.8 Å². The van der Waals surface area contributed by atoms with Crippen molar-refractivity contribution in [3.63, 3.8) is 0 Å². The van der Waals surface area contributed by atoms with Crippen molar-refractivity contribution in [2.24, 2.45) is 11.7 Å². The lowest BCUT2D eigenvalue weighted by atomic mass is 10.1. The van der Waals surface area contributed by atoms with Gasteiger partial charge in [0.2, 0.25) is 5.91 Å². The number of anilines is 1. The van der Waals surface area contributed by atoms with E-state index in [-0.39, 0.29) is 17.4 Å². The lowest BCUT2D eigenvalue weighted by Crippen LogP contribution is -2.33. The molecule has 2 rings (SSSR count). The molecule has 1 amide bonds. The largest absolute Gasteiger partial charge is 0.330 e. The lowest BCUT2D eigenvalue weighted by Gasteiger charge is -2.26. The smallest absolute Gasteiger partial charge is 0.228 e. The van der Waals surface area contributed by atoms with Crippen molar-refractivity contribution in [2.45, 2.75) is 32.7 Å². The lowest BCUT2D eigenvalue weighted by molar-refractivity contribution is -0.117. The van der Waals surface area contributed by atoms with E-state index in [0.29, 0.717) is 30.9 Å². The van der Waals surface area contributed by atoms with Crippen LogP contribution in [-0.2, 0) is 10.3 Å². The average Bonchev–Trinajstić information content (AvgIpc) is 2.90. The van der Waals surface area contributed by atoms with Gasteiger partial charge in [0.15, 0.2) is 5.82 Å². The molecule has 0 spiro atoms. The molecule has 1 aliphatic rings. The van der Waals surface area contributed by atoms with Gasteiger partial charge >= 0.3 is 0 Å². The third kappa shape index (κ3) is 2.34. The summed E-state index contributed by atoms with van der Waals surface area (Å²) in [4.78, 5) is 13.8. The quantitative estimate of drug-likeness (QED) is 0.853. The molecule has 102 valence electrons. The fraction of sp³-hybridized carbons (Fsp3) is 0.615. The van der Waals surface area contributed by atoms with E-state index < -0.39 is 0 Å². The number of nitrogens with zero attached hydrogens (tertiary/aromatic N) is 4. The van der Waals surface area contributed by atoms with Gasteiger partial charge in [-0.25, -0.2) is 4.68 Å². The van der Waals surface area contributed by atoms with Crippen LogP contribution in [0.2, 0.25) is 0 Å². The summed E-state index contributed by atoms with van der Waals surface area (Å²) in [5.41, 5.74) is 5.78. The number of hydrogen-bond acceptors (Lipinski definition) is 4. The van der Waals surface area contributed by atoms with Crippen molar-refractivity contribution in [1.82, 2.24) is 9.78 Å². The van der Waals surface area contributed by atoms with Crippen LogP contribution < -0.4 is 10.6 Å². The van der Waals surface area contributed by atoms with Crippen LogP contribution in [0.4, 0.5) is 5.82 Å². The van der Waals surface area contributed by atoms with Crippen molar-refractivity contribution >= 4 is 11.7 Å². The molecule has 0 saturated carbocycles. The SMILES string of the molecule is CC(C)(C)n1ncc(C#N)c1N1CC(CN)CC1=O. The fourth-order valence-electron chi connectivity index (χ4n) is 2.32. The first kappa shape index (κ1) is 13.6. The summed E-state index contributed by atoms with van der Waals surface area (Å²) in [6, 6.07) is 2.11. The summed E-state index contributed by atoms with van der Waals surface area (Å²) in [6.07, 6.45) is 1.96. The maximum Gasteiger partial charge on any atom is 0.228 e. The number of carbonyl (C=O) groups excluding carboxylic acids is 1. The van der Waals surface area contributed by atoms with E-state index in [1.54, 1.807) is 9.58 Å². The van der Waals surface area contributed by atoms with E-state index >= 15 is 0 Å². The average molecular weight is 261 g/mol. The summed E-state index contributed by atoms with van der Waals surface area (Å²) >= 11 is 0. The maximum atomic E-state index is 12.1. The molecule has 0 aliphatic carbocycles. The molecule has 6 nitrogen and oxygen atoms in total. The Hall–Kier alpha value is -1.87. The van der Waals surface area contributed by atoms with Gasteiger partial charge in [0.1, 0.15) is 11.6 Å². The normalized spacial score (nSPS) is 19.8. The minimum Gasteiger partial charge on any atom is -0.330 e. The van der Waals surface area contributed by atoms with E-state index in [1.165, 1.54) is 6.20 Å². The number of amides is 1. The second-order valence-corrected chi connectivity index (χ2v) is 5.89. The molecule has 0 radical (unpaired) electrons. The van der Waals surface area contributed by atoms with Gasteiger partial charge in [-0.1, -0.05) is 0 Å². The Labute approximate surface area is 112 Å². The Morgan fingerprint density at radius 1 is 1.58 bits per heavy atom. The van der Waals surface area contributed by atoms with E-state index in [9.17, 15) is 10.1 Å². The number of hydrogen-bond donors (Lipinski definition) is 1. The van der Waals surface area contributed by atoms with Gasteiger partial charge < -0.3 is 5.73 Å². The minimum atomic E-state index is -0.286. The van der Waals surface area contributed by atoms with Crippen LogP contribution >= 0.6 is 0 Å². The molecule has 19 heavy (non-hydrogen) atoms. The predicted octanol–water partition coefficient (Wildman–Crippen LogP) is 0.821. The van der Waals surface area contributed by atoms with Crippen LogP contribution in [0.5, 0.6) is 0 Å². The highest BCUT2D eigenvalue weighted by molar-refractivity contribution is 5.96. The van der Waals surface area contributed by atoms with Crippen LogP contribution in [0, 0.1) is 17.2 Å². The second kappa shape index (κ2) is 4.67. The minimum absolute atomic E-state index is 0.0120. The van der Waals surface area contributed by atoms with Gasteiger partial charge in [0.25, 0.3) is 0 Å². The highest BCUT2D eigenvalue weighted by Crippen LogP contribution is 2.31. The molecular formula is C13H19N5O. The zero-order valence-electron chi connectivity index (χ0n) is 11.6. The Bertz CT molecular complexity index is 534. The third-order valence-electron chi connectivity index (χ3n) is 3.29. The van der Waals surface area contributed by atoms with Crippen molar-refractivity contribution in [3.05, 3.63) is 11.8 Å². The Morgan fingerprint density at radius 3 is 2.74 bits per heavy atom. The molecule has 1 fully saturated rings. The van der Waals surface area contributed by atoms with Crippen molar-refractivity contribution in [2.75, 3.05) is 18.0 Å². The summed E-state index contributed by atoms with van der Waals surface area (Å²) < 4.78 is 1.74. The van der Waals surface area contributed by atoms with E-state index in [0.717, 1.165) is 0 Å². The van der Waals surface area contributed by atoms with Crippen LogP contribution in [-0.4, -0.2) is 28.8 Å². The Balaban J connectivity index is 2.47. The van der Waals surface area contributed by atoms with Crippen molar-refractivity contribution in [3.8, 4) is 6.07 Å². The van der Waals surface area contributed by atoms with Crippen molar-refractivity contribution < 1.29 is 4.79 Å². The first-order valence-electron chi connectivity index (χ1n) is 6.37. The summed E-state index contributed by atoms with van der Waals surface area (Å²) in [6.45, 7) is 7.02. The molecule has 2 N–H and O–H groups in total. The molecule has 6 heteroatoms. The number of nitriles is 1. The molecule has 1 aliphatic heterocycles. The second-order valence-electron chi connectivity index (χ2n) is 5.89. The first-order valence-corrected chi connectivity index (χ1v) is 6.37. The maximum absolute atomic E-state index is 12.1. The van der Waals surface area contributed by atoms with Gasteiger partial charge in [-0.15, -0.1) is 0 Å². The summed E-state index contributed by atoms with van der Waals surface area (Å²) in [5.74, 6) is 0.760. The molecule has 0 aromatic carbocycles. The van der Waals surface area contributed by atoms with Gasteiger partial charge in [0.05, 0.1) is 11.7 Å². The fourth-order valence-corrected chi connectivity index (χ4v) is 2.32. The van der Waals surface area contributed by atoms with Crippen molar-refractivity contribution in [1.29, 1.82) is 5.26 Å². The highest BCUT2D eigenvalue weighted by atomic mass is 16.2. The summed E-state index contributed by atoms with van der Waals surface area (Å²) in [5, 5.41) is 13.5. The standard InChI is InChI=1S/C13H19N5O/c1-13(2,3)18-12(10(6-15)7-16-18)17-8-9(5-14)4-11(17)19/h7,9H,4-5,8,14H2,1-3H3. The molecule has 2 heterocycles. The van der Waals surface area contributed by atoms with Gasteiger partial charge in [-0.2, -0.15) is 10.4 Å². The zero-order chi connectivity index (χ0) is 14.2. The molecular weight excluding hydrogens is 242 g/mol.